The van der Waals surface area contributed by atoms with Gasteiger partial charge in [0.05, 0.1) is 5.92 Å². The van der Waals surface area contributed by atoms with E-state index in [1.807, 2.05) is 35.2 Å². The van der Waals surface area contributed by atoms with Crippen LogP contribution >= 0.6 is 12.4 Å². The molecule has 3 nitrogen and oxygen atoms in total. The highest BCUT2D eigenvalue weighted by molar-refractivity contribution is 5.85. The maximum absolute atomic E-state index is 12.6. The van der Waals surface area contributed by atoms with Crippen LogP contribution in [-0.4, -0.2) is 30.4 Å². The number of rotatable bonds is 4. The molecule has 1 aromatic rings. The lowest BCUT2D eigenvalue weighted by atomic mass is 9.92. The Bertz CT molecular complexity index is 402. The number of amides is 1. The molecule has 112 valence electrons. The zero-order chi connectivity index (χ0) is 13.7. The molecular formula is C16H25ClN2O. The summed E-state index contributed by atoms with van der Waals surface area (Å²) >= 11 is 0. The second kappa shape index (κ2) is 8.28. The van der Waals surface area contributed by atoms with E-state index in [-0.39, 0.29) is 24.2 Å². The lowest BCUT2D eigenvalue weighted by molar-refractivity contribution is -0.134. The van der Waals surface area contributed by atoms with Gasteiger partial charge in [-0.15, -0.1) is 12.4 Å². The van der Waals surface area contributed by atoms with Crippen LogP contribution in [0.3, 0.4) is 0 Å². The third-order valence-electron chi connectivity index (χ3n) is 4.24. The fourth-order valence-corrected chi connectivity index (χ4v) is 2.85. The van der Waals surface area contributed by atoms with Crippen molar-refractivity contribution in [1.82, 2.24) is 4.90 Å². The number of halogens is 1. The Hall–Kier alpha value is -1.06. The summed E-state index contributed by atoms with van der Waals surface area (Å²) in [6.07, 6.45) is 3.49. The summed E-state index contributed by atoms with van der Waals surface area (Å²) in [5.41, 5.74) is 6.85. The summed E-state index contributed by atoms with van der Waals surface area (Å²) in [7, 11) is 0. The first-order chi connectivity index (χ1) is 9.26. The summed E-state index contributed by atoms with van der Waals surface area (Å²) in [6.45, 7) is 4.40. The normalized spacial score (nSPS) is 17.4. The Morgan fingerprint density at radius 2 is 1.90 bits per heavy atom. The molecule has 0 aromatic heterocycles. The van der Waals surface area contributed by atoms with Gasteiger partial charge < -0.3 is 10.6 Å². The van der Waals surface area contributed by atoms with Gasteiger partial charge in [0, 0.05) is 19.6 Å². The largest absolute Gasteiger partial charge is 0.342 e. The van der Waals surface area contributed by atoms with E-state index in [9.17, 15) is 4.79 Å². The molecule has 0 radical (unpaired) electrons. The van der Waals surface area contributed by atoms with Gasteiger partial charge in [-0.2, -0.15) is 0 Å². The molecule has 2 N–H and O–H groups in total. The van der Waals surface area contributed by atoms with Gasteiger partial charge in [-0.3, -0.25) is 4.79 Å². The van der Waals surface area contributed by atoms with Crippen molar-refractivity contribution in [2.24, 2.45) is 11.7 Å². The maximum atomic E-state index is 12.6. The van der Waals surface area contributed by atoms with E-state index in [4.69, 9.17) is 5.73 Å². The van der Waals surface area contributed by atoms with Crippen LogP contribution in [0, 0.1) is 5.92 Å². The van der Waals surface area contributed by atoms with Crippen LogP contribution in [0.4, 0.5) is 0 Å². The number of hydrogen-bond acceptors (Lipinski definition) is 2. The van der Waals surface area contributed by atoms with E-state index in [1.165, 1.54) is 6.42 Å². The Kier molecular flexibility index (Phi) is 7.03. The molecule has 0 spiro atoms. The minimum atomic E-state index is -0.181. The first kappa shape index (κ1) is 17.0. The highest BCUT2D eigenvalue weighted by Gasteiger charge is 2.27. The van der Waals surface area contributed by atoms with Crippen LogP contribution in [0.15, 0.2) is 30.3 Å². The molecule has 20 heavy (non-hydrogen) atoms. The second-order valence-corrected chi connectivity index (χ2v) is 5.38. The number of hydrogen-bond donors (Lipinski definition) is 1. The van der Waals surface area contributed by atoms with Crippen molar-refractivity contribution in [2.45, 2.75) is 32.1 Å². The van der Waals surface area contributed by atoms with E-state index < -0.39 is 0 Å². The fraction of sp³-hybridized carbons (Fsp3) is 0.562. The van der Waals surface area contributed by atoms with Crippen LogP contribution in [0.1, 0.15) is 37.7 Å². The summed E-state index contributed by atoms with van der Waals surface area (Å²) < 4.78 is 0. The molecule has 0 bridgehead atoms. The SMILES string of the molecule is CCC1CCN(C(=O)C(CN)c2ccccc2)CC1.Cl. The first-order valence-electron chi connectivity index (χ1n) is 7.30. The topological polar surface area (TPSA) is 46.3 Å². The molecule has 1 amide bonds. The number of benzene rings is 1. The minimum Gasteiger partial charge on any atom is -0.342 e. The molecule has 1 saturated heterocycles. The predicted molar refractivity (Wildman–Crippen MR) is 85.1 cm³/mol. The van der Waals surface area contributed by atoms with Crippen molar-refractivity contribution in [1.29, 1.82) is 0 Å². The average molecular weight is 297 g/mol. The Morgan fingerprint density at radius 3 is 2.40 bits per heavy atom. The molecule has 4 heteroatoms. The predicted octanol–water partition coefficient (Wildman–Crippen LogP) is 2.80. The standard InChI is InChI=1S/C16H24N2O.ClH/c1-2-13-8-10-18(11-9-13)16(19)15(12-17)14-6-4-3-5-7-14;/h3-7,13,15H,2,8-12,17H2,1H3;1H. The van der Waals surface area contributed by atoms with Gasteiger partial charge in [-0.05, 0) is 24.3 Å². The molecule has 1 aliphatic rings. The number of carbonyl (C=O) groups excluding carboxylic acids is 1. The van der Waals surface area contributed by atoms with Crippen LogP contribution in [0.25, 0.3) is 0 Å². The number of likely N-dealkylation sites (tertiary alicyclic amines) is 1. The number of nitrogens with two attached hydrogens (primary N) is 1. The number of piperidine rings is 1. The average Bonchev–Trinajstić information content (AvgIpc) is 2.49. The number of carbonyl (C=O) groups is 1. The molecule has 1 aliphatic heterocycles. The van der Waals surface area contributed by atoms with Crippen molar-refractivity contribution in [3.05, 3.63) is 35.9 Å². The van der Waals surface area contributed by atoms with Crippen LogP contribution in [0.5, 0.6) is 0 Å². The zero-order valence-corrected chi connectivity index (χ0v) is 12.9. The third kappa shape index (κ3) is 3.97. The van der Waals surface area contributed by atoms with Crippen molar-refractivity contribution >= 4 is 18.3 Å². The van der Waals surface area contributed by atoms with E-state index in [2.05, 4.69) is 6.92 Å². The minimum absolute atomic E-state index is 0. The molecule has 1 fully saturated rings. The Labute approximate surface area is 127 Å². The van der Waals surface area contributed by atoms with E-state index in [0.29, 0.717) is 6.54 Å². The van der Waals surface area contributed by atoms with Gasteiger partial charge in [0.2, 0.25) is 5.91 Å². The van der Waals surface area contributed by atoms with Gasteiger partial charge >= 0.3 is 0 Å². The van der Waals surface area contributed by atoms with E-state index in [1.54, 1.807) is 0 Å². The maximum Gasteiger partial charge on any atom is 0.231 e. The van der Waals surface area contributed by atoms with Crippen molar-refractivity contribution in [2.75, 3.05) is 19.6 Å². The first-order valence-corrected chi connectivity index (χ1v) is 7.30. The van der Waals surface area contributed by atoms with E-state index in [0.717, 1.165) is 37.4 Å². The third-order valence-corrected chi connectivity index (χ3v) is 4.24. The van der Waals surface area contributed by atoms with Crippen molar-refractivity contribution in [3.8, 4) is 0 Å². The Morgan fingerprint density at radius 1 is 1.30 bits per heavy atom. The zero-order valence-electron chi connectivity index (χ0n) is 12.1. The van der Waals surface area contributed by atoms with Gasteiger partial charge in [0.1, 0.15) is 0 Å². The van der Waals surface area contributed by atoms with Crippen LogP contribution in [0.2, 0.25) is 0 Å². The second-order valence-electron chi connectivity index (χ2n) is 5.38. The summed E-state index contributed by atoms with van der Waals surface area (Å²) in [4.78, 5) is 14.6. The molecule has 0 aliphatic carbocycles. The van der Waals surface area contributed by atoms with Crippen molar-refractivity contribution < 1.29 is 4.79 Å². The summed E-state index contributed by atoms with van der Waals surface area (Å²) in [5.74, 6) is 0.805. The summed E-state index contributed by atoms with van der Waals surface area (Å²) in [5, 5.41) is 0. The van der Waals surface area contributed by atoms with Crippen molar-refractivity contribution in [3.63, 3.8) is 0 Å². The van der Waals surface area contributed by atoms with Gasteiger partial charge in [-0.1, -0.05) is 43.7 Å². The molecule has 1 aromatic carbocycles. The van der Waals surface area contributed by atoms with Crippen LogP contribution in [-0.2, 0) is 4.79 Å². The quantitative estimate of drug-likeness (QED) is 0.929. The van der Waals surface area contributed by atoms with Crippen LogP contribution < -0.4 is 5.73 Å². The smallest absolute Gasteiger partial charge is 0.231 e. The number of nitrogens with zero attached hydrogens (tertiary/aromatic N) is 1. The fourth-order valence-electron chi connectivity index (χ4n) is 2.85. The Balaban J connectivity index is 0.00000200. The van der Waals surface area contributed by atoms with Gasteiger partial charge in [0.15, 0.2) is 0 Å². The molecule has 1 unspecified atom stereocenters. The molecule has 1 atom stereocenters. The highest BCUT2D eigenvalue weighted by atomic mass is 35.5. The molecular weight excluding hydrogens is 272 g/mol. The lowest BCUT2D eigenvalue weighted by Gasteiger charge is -2.33. The monoisotopic (exact) mass is 296 g/mol. The van der Waals surface area contributed by atoms with E-state index >= 15 is 0 Å². The summed E-state index contributed by atoms with van der Waals surface area (Å²) in [6, 6.07) is 9.89. The molecule has 1 heterocycles. The molecule has 2 rings (SSSR count). The van der Waals surface area contributed by atoms with Gasteiger partial charge in [-0.25, -0.2) is 0 Å². The van der Waals surface area contributed by atoms with Gasteiger partial charge in [0.25, 0.3) is 0 Å². The molecule has 0 saturated carbocycles. The highest BCUT2D eigenvalue weighted by Crippen LogP contribution is 2.24. The lowest BCUT2D eigenvalue weighted by Crippen LogP contribution is -2.42.